The summed E-state index contributed by atoms with van der Waals surface area (Å²) in [6.45, 7) is 9.53. The quantitative estimate of drug-likeness (QED) is 0.593. The van der Waals surface area contributed by atoms with Gasteiger partial charge in [-0.25, -0.2) is 0 Å². The van der Waals surface area contributed by atoms with Gasteiger partial charge >= 0.3 is 0 Å². The van der Waals surface area contributed by atoms with Crippen molar-refractivity contribution in [3.05, 3.63) is 0 Å². The Morgan fingerprint density at radius 3 is 2.24 bits per heavy atom. The van der Waals surface area contributed by atoms with Crippen molar-refractivity contribution >= 4 is 0 Å². The topological polar surface area (TPSA) is 3.24 Å². The van der Waals surface area contributed by atoms with Crippen molar-refractivity contribution in [1.29, 1.82) is 0 Å². The van der Waals surface area contributed by atoms with E-state index in [0.29, 0.717) is 0 Å². The van der Waals surface area contributed by atoms with Crippen LogP contribution in [0.4, 0.5) is 0 Å². The number of rotatable bonds is 8. The Kier molecular flexibility index (Phi) is 6.54. The van der Waals surface area contributed by atoms with Crippen molar-refractivity contribution in [1.82, 2.24) is 4.90 Å². The second-order valence-corrected chi connectivity index (χ2v) is 6.33. The predicted octanol–water partition coefficient (Wildman–Crippen LogP) is 4.71. The van der Waals surface area contributed by atoms with Crippen molar-refractivity contribution in [2.75, 3.05) is 7.05 Å². The number of hydrogen-bond acceptors (Lipinski definition) is 1. The van der Waals surface area contributed by atoms with Crippen molar-refractivity contribution in [3.8, 4) is 0 Å². The summed E-state index contributed by atoms with van der Waals surface area (Å²) in [5, 5.41) is 0. The minimum absolute atomic E-state index is 0.812. The summed E-state index contributed by atoms with van der Waals surface area (Å²) in [5.41, 5.74) is 0. The van der Waals surface area contributed by atoms with Gasteiger partial charge < -0.3 is 4.90 Å². The summed E-state index contributed by atoms with van der Waals surface area (Å²) in [4.78, 5) is 2.71. The van der Waals surface area contributed by atoms with Crippen LogP contribution in [0.5, 0.6) is 0 Å². The lowest BCUT2D eigenvalue weighted by atomic mass is 9.84. The van der Waals surface area contributed by atoms with Gasteiger partial charge in [0, 0.05) is 12.1 Å². The van der Waals surface area contributed by atoms with E-state index in [9.17, 15) is 0 Å². The van der Waals surface area contributed by atoms with E-state index in [0.717, 1.165) is 23.9 Å². The van der Waals surface area contributed by atoms with Crippen LogP contribution in [0.15, 0.2) is 0 Å². The minimum Gasteiger partial charge on any atom is -0.300 e. The molecule has 1 aliphatic carbocycles. The molecule has 17 heavy (non-hydrogen) atoms. The van der Waals surface area contributed by atoms with Gasteiger partial charge in [-0.1, -0.05) is 53.4 Å². The van der Waals surface area contributed by atoms with Crippen LogP contribution in [0, 0.1) is 11.8 Å². The zero-order valence-corrected chi connectivity index (χ0v) is 12.7. The van der Waals surface area contributed by atoms with Gasteiger partial charge in [0.05, 0.1) is 0 Å². The molecular formula is C16H33N. The molecule has 1 fully saturated rings. The molecule has 0 amide bonds. The highest BCUT2D eigenvalue weighted by atomic mass is 15.2. The van der Waals surface area contributed by atoms with Crippen LogP contribution in [0.25, 0.3) is 0 Å². The molecule has 3 unspecified atom stereocenters. The molecule has 1 aliphatic rings. The first kappa shape index (κ1) is 15.0. The highest BCUT2D eigenvalue weighted by molar-refractivity contribution is 4.85. The molecule has 3 atom stereocenters. The summed E-state index contributed by atoms with van der Waals surface area (Å²) in [6.07, 6.45) is 9.77. The van der Waals surface area contributed by atoms with Crippen molar-refractivity contribution in [2.45, 2.75) is 84.7 Å². The van der Waals surface area contributed by atoms with E-state index in [4.69, 9.17) is 0 Å². The Labute approximate surface area is 109 Å². The highest BCUT2D eigenvalue weighted by Gasteiger charge is 2.30. The number of hydrogen-bond donors (Lipinski definition) is 0. The average molecular weight is 239 g/mol. The van der Waals surface area contributed by atoms with Crippen LogP contribution in [-0.4, -0.2) is 24.0 Å². The first-order chi connectivity index (χ1) is 8.10. The van der Waals surface area contributed by atoms with Gasteiger partial charge in [0.1, 0.15) is 0 Å². The summed E-state index contributed by atoms with van der Waals surface area (Å²) in [7, 11) is 2.37. The van der Waals surface area contributed by atoms with Crippen molar-refractivity contribution < 1.29 is 0 Å². The third-order valence-corrected chi connectivity index (χ3v) is 4.90. The molecule has 102 valence electrons. The van der Waals surface area contributed by atoms with Gasteiger partial charge in [0.2, 0.25) is 0 Å². The molecule has 0 spiro atoms. The molecule has 0 heterocycles. The van der Waals surface area contributed by atoms with E-state index >= 15 is 0 Å². The van der Waals surface area contributed by atoms with E-state index in [-0.39, 0.29) is 0 Å². The predicted molar refractivity (Wildman–Crippen MR) is 77.3 cm³/mol. The monoisotopic (exact) mass is 239 g/mol. The third-order valence-electron chi connectivity index (χ3n) is 4.90. The Hall–Kier alpha value is -0.0400. The van der Waals surface area contributed by atoms with Gasteiger partial charge in [-0.2, -0.15) is 0 Å². The fraction of sp³-hybridized carbons (Fsp3) is 1.00. The van der Waals surface area contributed by atoms with E-state index < -0.39 is 0 Å². The molecule has 0 N–H and O–H groups in total. The smallest absolute Gasteiger partial charge is 0.0123 e. The van der Waals surface area contributed by atoms with Crippen molar-refractivity contribution in [2.24, 2.45) is 11.8 Å². The van der Waals surface area contributed by atoms with E-state index in [2.05, 4.69) is 39.6 Å². The number of nitrogens with zero attached hydrogens (tertiary/aromatic N) is 1. The molecule has 0 saturated heterocycles. The lowest BCUT2D eigenvalue weighted by Crippen LogP contribution is -2.47. The largest absolute Gasteiger partial charge is 0.300 e. The molecule has 1 rings (SSSR count). The van der Waals surface area contributed by atoms with E-state index in [1.807, 2.05) is 0 Å². The lowest BCUT2D eigenvalue weighted by Gasteiger charge is -2.43. The maximum Gasteiger partial charge on any atom is 0.0123 e. The van der Waals surface area contributed by atoms with Gasteiger partial charge in [-0.05, 0) is 38.1 Å². The molecule has 0 aliphatic heterocycles. The average Bonchev–Trinajstić information content (AvgIpc) is 2.22. The third kappa shape index (κ3) is 4.28. The second kappa shape index (κ2) is 7.41. The maximum atomic E-state index is 2.71. The summed E-state index contributed by atoms with van der Waals surface area (Å²) >= 11 is 0. The molecule has 0 aromatic rings. The Bertz CT molecular complexity index is 198. The zero-order chi connectivity index (χ0) is 12.8. The van der Waals surface area contributed by atoms with Crippen LogP contribution >= 0.6 is 0 Å². The standard InChI is InChI=1S/C16H33N/c1-6-9-13(3)12-16(14(4)7-2)17(5)15-10-8-11-15/h13-16H,6-12H2,1-5H3. The molecule has 0 bridgehead atoms. The molecule has 1 heteroatoms. The fourth-order valence-corrected chi connectivity index (χ4v) is 3.16. The maximum absolute atomic E-state index is 2.71. The summed E-state index contributed by atoms with van der Waals surface area (Å²) in [5.74, 6) is 1.74. The lowest BCUT2D eigenvalue weighted by molar-refractivity contribution is 0.0643. The minimum atomic E-state index is 0.812. The van der Waals surface area contributed by atoms with Gasteiger partial charge in [-0.15, -0.1) is 0 Å². The molecule has 1 saturated carbocycles. The molecular weight excluding hydrogens is 206 g/mol. The van der Waals surface area contributed by atoms with E-state index in [1.54, 1.807) is 0 Å². The van der Waals surface area contributed by atoms with Crippen molar-refractivity contribution in [3.63, 3.8) is 0 Å². The molecule has 0 aromatic heterocycles. The van der Waals surface area contributed by atoms with Crippen LogP contribution in [0.1, 0.15) is 72.6 Å². The van der Waals surface area contributed by atoms with Gasteiger partial charge in [0.25, 0.3) is 0 Å². The zero-order valence-electron chi connectivity index (χ0n) is 12.7. The van der Waals surface area contributed by atoms with E-state index in [1.165, 1.54) is 44.9 Å². The van der Waals surface area contributed by atoms with Crippen LogP contribution in [-0.2, 0) is 0 Å². The Morgan fingerprint density at radius 2 is 1.82 bits per heavy atom. The Morgan fingerprint density at radius 1 is 1.18 bits per heavy atom. The molecule has 1 nitrogen and oxygen atoms in total. The molecule has 0 radical (unpaired) electrons. The second-order valence-electron chi connectivity index (χ2n) is 6.33. The first-order valence-corrected chi connectivity index (χ1v) is 7.82. The molecule has 0 aromatic carbocycles. The van der Waals surface area contributed by atoms with Gasteiger partial charge in [0.15, 0.2) is 0 Å². The summed E-state index contributed by atoms with van der Waals surface area (Å²) in [6, 6.07) is 1.70. The van der Waals surface area contributed by atoms with Crippen LogP contribution in [0.3, 0.4) is 0 Å². The normalized spacial score (nSPS) is 22.2. The SMILES string of the molecule is CCCC(C)CC(C(C)CC)N(C)C1CCC1. The summed E-state index contributed by atoms with van der Waals surface area (Å²) < 4.78 is 0. The Balaban J connectivity index is 2.52. The van der Waals surface area contributed by atoms with Gasteiger partial charge in [-0.3, -0.25) is 0 Å². The highest BCUT2D eigenvalue weighted by Crippen LogP contribution is 2.31. The fourth-order valence-electron chi connectivity index (χ4n) is 3.16. The van der Waals surface area contributed by atoms with Crippen LogP contribution < -0.4 is 0 Å². The van der Waals surface area contributed by atoms with Crippen LogP contribution in [0.2, 0.25) is 0 Å². The first-order valence-electron chi connectivity index (χ1n) is 7.82.